The quantitative estimate of drug-likeness (QED) is 0.593. The van der Waals surface area contributed by atoms with Crippen LogP contribution in [0.4, 0.5) is 17.1 Å². The van der Waals surface area contributed by atoms with Crippen molar-refractivity contribution in [2.45, 2.75) is 40.4 Å². The maximum atomic E-state index is 11.0. The fourth-order valence-corrected chi connectivity index (χ4v) is 4.00. The molecule has 1 atom stereocenters. The molecule has 7 heteroatoms. The molecule has 1 aliphatic rings. The number of ether oxygens (including phenoxy) is 1. The number of aliphatic hydroxyl groups is 1. The van der Waals surface area contributed by atoms with E-state index in [2.05, 4.69) is 47.5 Å². The molecular weight excluding hydrogens is 392 g/mol. The largest absolute Gasteiger partial charge is 0.454 e. The lowest BCUT2D eigenvalue weighted by Gasteiger charge is -2.30. The predicted molar refractivity (Wildman–Crippen MR) is 125 cm³/mol. The summed E-state index contributed by atoms with van der Waals surface area (Å²) in [5, 5.41) is 11.0. The molecule has 164 valence electrons. The number of hydrogen-bond donors (Lipinski definition) is 1. The molecule has 0 fully saturated rings. The van der Waals surface area contributed by atoms with Gasteiger partial charge in [-0.2, -0.15) is 0 Å². The van der Waals surface area contributed by atoms with Gasteiger partial charge in [-0.15, -0.1) is 0 Å². The van der Waals surface area contributed by atoms with Gasteiger partial charge in [-0.25, -0.2) is 9.98 Å². The summed E-state index contributed by atoms with van der Waals surface area (Å²) in [5.74, 6) is -0.856. The van der Waals surface area contributed by atoms with Crippen molar-refractivity contribution in [2.75, 3.05) is 36.0 Å². The molecule has 0 amide bonds. The second kappa shape index (κ2) is 8.23. The molecule has 0 spiro atoms. The predicted octanol–water partition coefficient (Wildman–Crippen LogP) is 4.74. The molecule has 0 bridgehead atoms. The molecule has 0 saturated carbocycles. The average Bonchev–Trinajstić information content (AvgIpc) is 3.17. The SMILES string of the molecule is CCN(CC)c1ccc2c(c1)O[C@@](C)(O)C(c1nc3ccc(N(CC)CC)cc3o1)=N2. The van der Waals surface area contributed by atoms with E-state index in [9.17, 15) is 5.11 Å². The highest BCUT2D eigenvalue weighted by Gasteiger charge is 2.39. The van der Waals surface area contributed by atoms with Crippen LogP contribution in [0.5, 0.6) is 5.75 Å². The average molecular weight is 423 g/mol. The van der Waals surface area contributed by atoms with Crippen LogP contribution in [0.2, 0.25) is 0 Å². The van der Waals surface area contributed by atoms with Crippen molar-refractivity contribution in [1.82, 2.24) is 4.98 Å². The lowest BCUT2D eigenvalue weighted by molar-refractivity contribution is -0.0609. The van der Waals surface area contributed by atoms with E-state index in [0.29, 0.717) is 22.5 Å². The lowest BCUT2D eigenvalue weighted by Crippen LogP contribution is -2.43. The first kappa shape index (κ1) is 21.2. The van der Waals surface area contributed by atoms with E-state index in [4.69, 9.17) is 9.15 Å². The first-order chi connectivity index (χ1) is 14.9. The highest BCUT2D eigenvalue weighted by Crippen LogP contribution is 2.40. The third kappa shape index (κ3) is 3.85. The standard InChI is InChI=1S/C24H30N4O3/c1-6-27(7-2)16-10-12-18-20(14-16)30-23(26-18)22-24(5,29)31-21-15-17(28(8-3)9-4)11-13-19(21)25-22/h10-15,29H,6-9H2,1-5H3/t24-/m1/s1. The minimum Gasteiger partial charge on any atom is -0.454 e. The zero-order valence-electron chi connectivity index (χ0n) is 18.8. The molecule has 3 aromatic rings. The summed E-state index contributed by atoms with van der Waals surface area (Å²) >= 11 is 0. The second-order valence-corrected chi connectivity index (χ2v) is 7.71. The number of hydrogen-bond acceptors (Lipinski definition) is 7. The molecule has 0 unspecified atom stereocenters. The minimum absolute atomic E-state index is 0.259. The molecular formula is C24H30N4O3. The van der Waals surface area contributed by atoms with Crippen molar-refractivity contribution in [1.29, 1.82) is 0 Å². The van der Waals surface area contributed by atoms with Crippen LogP contribution in [-0.4, -0.2) is 47.8 Å². The summed E-state index contributed by atoms with van der Waals surface area (Å²) in [6.07, 6.45) is 0. The topological polar surface area (TPSA) is 74.3 Å². The van der Waals surface area contributed by atoms with Crippen molar-refractivity contribution >= 4 is 33.9 Å². The molecule has 31 heavy (non-hydrogen) atoms. The lowest BCUT2D eigenvalue weighted by atomic mass is 10.1. The van der Waals surface area contributed by atoms with E-state index < -0.39 is 5.79 Å². The summed E-state index contributed by atoms with van der Waals surface area (Å²) in [6, 6.07) is 11.8. The van der Waals surface area contributed by atoms with Gasteiger partial charge in [0.2, 0.25) is 5.89 Å². The fraction of sp³-hybridized carbons (Fsp3) is 0.417. The Hall–Kier alpha value is -3.06. The Morgan fingerprint density at radius 1 is 0.903 bits per heavy atom. The van der Waals surface area contributed by atoms with Crippen LogP contribution in [0.25, 0.3) is 11.1 Å². The normalized spacial score (nSPS) is 17.8. The number of benzene rings is 2. The van der Waals surface area contributed by atoms with E-state index in [1.807, 2.05) is 36.4 Å². The van der Waals surface area contributed by atoms with Crippen LogP contribution < -0.4 is 14.5 Å². The number of nitrogens with zero attached hydrogens (tertiary/aromatic N) is 4. The van der Waals surface area contributed by atoms with E-state index in [1.165, 1.54) is 0 Å². The molecule has 0 radical (unpaired) electrons. The van der Waals surface area contributed by atoms with Gasteiger partial charge in [-0.3, -0.25) is 0 Å². The van der Waals surface area contributed by atoms with Crippen molar-refractivity contribution < 1.29 is 14.3 Å². The van der Waals surface area contributed by atoms with Crippen molar-refractivity contribution in [3.63, 3.8) is 0 Å². The van der Waals surface area contributed by atoms with Gasteiger partial charge in [-0.05, 0) is 52.0 Å². The highest BCUT2D eigenvalue weighted by atomic mass is 16.6. The highest BCUT2D eigenvalue weighted by molar-refractivity contribution is 6.06. The van der Waals surface area contributed by atoms with Gasteiger partial charge in [-0.1, -0.05) is 0 Å². The number of aromatic nitrogens is 1. The number of aliphatic imine (C=N–C) groups is 1. The van der Waals surface area contributed by atoms with Crippen LogP contribution in [0.3, 0.4) is 0 Å². The van der Waals surface area contributed by atoms with Gasteiger partial charge in [0.1, 0.15) is 11.2 Å². The van der Waals surface area contributed by atoms with Gasteiger partial charge in [0.05, 0.1) is 0 Å². The van der Waals surface area contributed by atoms with Crippen LogP contribution >= 0.6 is 0 Å². The molecule has 4 rings (SSSR count). The number of fused-ring (bicyclic) bond motifs is 2. The first-order valence-electron chi connectivity index (χ1n) is 11.0. The maximum absolute atomic E-state index is 11.0. The zero-order chi connectivity index (χ0) is 22.2. The molecule has 1 N–H and O–H groups in total. The van der Waals surface area contributed by atoms with Crippen molar-refractivity contribution in [3.05, 3.63) is 42.3 Å². The molecule has 7 nitrogen and oxygen atoms in total. The Kier molecular flexibility index (Phi) is 5.62. The third-order valence-corrected chi connectivity index (χ3v) is 5.76. The molecule has 1 aliphatic heterocycles. The van der Waals surface area contributed by atoms with Crippen molar-refractivity contribution in [2.24, 2.45) is 4.99 Å². The molecule has 2 aromatic carbocycles. The fourth-order valence-electron chi connectivity index (χ4n) is 4.00. The number of oxazole rings is 1. The summed E-state index contributed by atoms with van der Waals surface area (Å²) in [4.78, 5) is 13.7. The Morgan fingerprint density at radius 2 is 1.52 bits per heavy atom. The van der Waals surface area contributed by atoms with Crippen LogP contribution in [0, 0.1) is 0 Å². The summed E-state index contributed by atoms with van der Waals surface area (Å²) in [5.41, 5.74) is 4.37. The van der Waals surface area contributed by atoms with Crippen LogP contribution in [-0.2, 0) is 0 Å². The molecule has 0 aliphatic carbocycles. The minimum atomic E-state index is -1.66. The third-order valence-electron chi connectivity index (χ3n) is 5.76. The number of rotatable bonds is 7. The summed E-state index contributed by atoms with van der Waals surface area (Å²) in [7, 11) is 0. The van der Waals surface area contributed by atoms with Gasteiger partial charge in [0, 0.05) is 56.6 Å². The maximum Gasteiger partial charge on any atom is 0.254 e. The van der Waals surface area contributed by atoms with Gasteiger partial charge >= 0.3 is 0 Å². The van der Waals surface area contributed by atoms with Crippen molar-refractivity contribution in [3.8, 4) is 5.75 Å². The Labute approximate surface area is 183 Å². The number of anilines is 2. The van der Waals surface area contributed by atoms with E-state index in [1.54, 1.807) is 6.92 Å². The van der Waals surface area contributed by atoms with E-state index >= 15 is 0 Å². The molecule has 2 heterocycles. The second-order valence-electron chi connectivity index (χ2n) is 7.71. The molecule has 1 aromatic heterocycles. The summed E-state index contributed by atoms with van der Waals surface area (Å²) < 4.78 is 12.0. The van der Waals surface area contributed by atoms with E-state index in [-0.39, 0.29) is 11.6 Å². The zero-order valence-corrected chi connectivity index (χ0v) is 18.8. The molecule has 0 saturated heterocycles. The van der Waals surface area contributed by atoms with Gasteiger partial charge in [0.15, 0.2) is 17.0 Å². The van der Waals surface area contributed by atoms with Crippen LogP contribution in [0.1, 0.15) is 40.5 Å². The Morgan fingerprint density at radius 3 is 2.16 bits per heavy atom. The van der Waals surface area contributed by atoms with Crippen LogP contribution in [0.15, 0.2) is 45.8 Å². The monoisotopic (exact) mass is 422 g/mol. The van der Waals surface area contributed by atoms with E-state index in [0.717, 1.165) is 37.6 Å². The Balaban J connectivity index is 1.74. The first-order valence-corrected chi connectivity index (χ1v) is 11.0. The Bertz CT molecular complexity index is 1110. The smallest absolute Gasteiger partial charge is 0.254 e. The van der Waals surface area contributed by atoms with Gasteiger partial charge < -0.3 is 24.1 Å². The van der Waals surface area contributed by atoms with Gasteiger partial charge in [0.25, 0.3) is 5.79 Å². The summed E-state index contributed by atoms with van der Waals surface area (Å²) in [6.45, 7) is 13.6.